The van der Waals surface area contributed by atoms with Gasteiger partial charge in [-0.25, -0.2) is 4.79 Å². The Labute approximate surface area is 199 Å². The number of nitrogens with two attached hydrogens (primary N) is 1. The minimum absolute atomic E-state index is 0.0780. The molecule has 0 aromatic heterocycles. The Morgan fingerprint density at radius 1 is 1.31 bits per heavy atom. The summed E-state index contributed by atoms with van der Waals surface area (Å²) in [4.78, 5) is 39.0. The Bertz CT molecular complexity index is 752. The van der Waals surface area contributed by atoms with Gasteiger partial charge in [-0.05, 0) is 43.4 Å². The van der Waals surface area contributed by atoms with E-state index in [1.807, 2.05) is 36.6 Å². The monoisotopic (exact) mass is 483 g/mol. The van der Waals surface area contributed by atoms with Crippen LogP contribution in [0.1, 0.15) is 32.1 Å². The van der Waals surface area contributed by atoms with Crippen LogP contribution in [0, 0.1) is 0 Å². The van der Waals surface area contributed by atoms with Gasteiger partial charge in [0.2, 0.25) is 11.8 Å². The zero-order chi connectivity index (χ0) is 23.5. The largest absolute Gasteiger partial charge is 0.488 e. The van der Waals surface area contributed by atoms with Crippen molar-refractivity contribution in [1.82, 2.24) is 10.2 Å². The average Bonchev–Trinajstić information content (AvgIpc) is 3.20. The topological polar surface area (TPSA) is 122 Å². The van der Waals surface area contributed by atoms with Crippen LogP contribution in [-0.2, 0) is 14.4 Å². The quantitative estimate of drug-likeness (QED) is 0.316. The normalized spacial score (nSPS) is 19.9. The van der Waals surface area contributed by atoms with Gasteiger partial charge in [-0.15, -0.1) is 0 Å². The van der Waals surface area contributed by atoms with Crippen molar-refractivity contribution in [1.29, 1.82) is 0 Å². The number of amides is 2. The lowest BCUT2D eigenvalue weighted by Crippen LogP contribution is -2.51. The number of carbonyl (C=O) groups excluding carboxylic acids is 2. The molecule has 1 aromatic rings. The number of nitrogens with zero attached hydrogens (tertiary/aromatic N) is 1. The predicted molar refractivity (Wildman–Crippen MR) is 129 cm³/mol. The number of hydrogen-bond acceptors (Lipinski definition) is 7. The molecule has 2 rings (SSSR count). The third-order valence-corrected chi connectivity index (χ3v) is 6.47. The second-order valence-corrected chi connectivity index (χ2v) is 9.22. The van der Waals surface area contributed by atoms with Crippen LogP contribution < -0.4 is 15.8 Å². The molecule has 10 heteroatoms. The Hall–Kier alpha value is -1.91. The Morgan fingerprint density at radius 3 is 2.66 bits per heavy atom. The van der Waals surface area contributed by atoms with Crippen LogP contribution in [0.2, 0.25) is 0 Å². The molecule has 1 fully saturated rings. The van der Waals surface area contributed by atoms with Gasteiger partial charge in [0, 0.05) is 24.6 Å². The highest BCUT2D eigenvalue weighted by atomic mass is 32.2. The summed E-state index contributed by atoms with van der Waals surface area (Å²) in [6.45, 7) is 0.271. The molecule has 1 saturated heterocycles. The second kappa shape index (κ2) is 13.6. The zero-order valence-electron chi connectivity index (χ0n) is 18.3. The number of carbonyl (C=O) groups is 3. The fourth-order valence-electron chi connectivity index (χ4n) is 3.61. The van der Waals surface area contributed by atoms with E-state index in [4.69, 9.17) is 10.5 Å². The molecule has 0 spiro atoms. The number of thiol groups is 1. The average molecular weight is 484 g/mol. The second-order valence-electron chi connectivity index (χ2n) is 7.87. The van der Waals surface area contributed by atoms with Gasteiger partial charge in [-0.2, -0.15) is 24.4 Å². The molecule has 178 valence electrons. The van der Waals surface area contributed by atoms with Gasteiger partial charge in [0.25, 0.3) is 0 Å². The SMILES string of the molecule is CSCC[C@H](NC(=O)[C@@H]1C[C@H](Oc2ccccc2)CN1C(=O)CCC[C@@H](N)CS)C(=O)O. The third-order valence-electron chi connectivity index (χ3n) is 5.36. The Balaban J connectivity index is 2.08. The molecule has 0 unspecified atom stereocenters. The van der Waals surface area contributed by atoms with E-state index < -0.39 is 24.0 Å². The molecule has 2 amide bonds. The Morgan fingerprint density at radius 2 is 2.03 bits per heavy atom. The number of hydrogen-bond donors (Lipinski definition) is 4. The van der Waals surface area contributed by atoms with Gasteiger partial charge in [-0.1, -0.05) is 18.2 Å². The number of nitrogens with one attached hydrogen (secondary N) is 1. The molecule has 1 heterocycles. The number of para-hydroxylation sites is 1. The van der Waals surface area contributed by atoms with E-state index in [0.29, 0.717) is 42.9 Å². The summed E-state index contributed by atoms with van der Waals surface area (Å²) >= 11 is 5.67. The van der Waals surface area contributed by atoms with Crippen molar-refractivity contribution >= 4 is 42.2 Å². The van der Waals surface area contributed by atoms with Crippen LogP contribution in [-0.4, -0.2) is 76.3 Å². The molecule has 1 aliphatic heterocycles. The number of rotatable bonds is 13. The zero-order valence-corrected chi connectivity index (χ0v) is 20.0. The van der Waals surface area contributed by atoms with Gasteiger partial charge < -0.3 is 25.8 Å². The number of likely N-dealkylation sites (tertiary alicyclic amines) is 1. The smallest absolute Gasteiger partial charge is 0.326 e. The van der Waals surface area contributed by atoms with Crippen LogP contribution in [0.25, 0.3) is 0 Å². The molecule has 0 bridgehead atoms. The van der Waals surface area contributed by atoms with E-state index in [1.54, 1.807) is 0 Å². The first-order valence-corrected chi connectivity index (χ1v) is 12.8. The molecule has 0 aliphatic carbocycles. The summed E-state index contributed by atoms with van der Waals surface area (Å²) in [5.74, 6) is 0.109. The highest BCUT2D eigenvalue weighted by Crippen LogP contribution is 2.25. The van der Waals surface area contributed by atoms with Crippen molar-refractivity contribution in [2.75, 3.05) is 24.3 Å². The van der Waals surface area contributed by atoms with Crippen LogP contribution in [0.4, 0.5) is 0 Å². The first-order valence-electron chi connectivity index (χ1n) is 10.8. The van der Waals surface area contributed by atoms with E-state index in [1.165, 1.54) is 16.7 Å². The summed E-state index contributed by atoms with van der Waals surface area (Å²) in [6.07, 6.45) is 3.67. The molecule has 0 radical (unpaired) electrons. The maximum atomic E-state index is 13.0. The van der Waals surface area contributed by atoms with Crippen molar-refractivity contribution in [2.24, 2.45) is 5.73 Å². The van der Waals surface area contributed by atoms with E-state index in [9.17, 15) is 19.5 Å². The lowest BCUT2D eigenvalue weighted by atomic mass is 10.1. The van der Waals surface area contributed by atoms with Gasteiger partial charge in [0.15, 0.2) is 0 Å². The molecule has 0 saturated carbocycles. The highest BCUT2D eigenvalue weighted by molar-refractivity contribution is 7.98. The lowest BCUT2D eigenvalue weighted by Gasteiger charge is -2.25. The minimum atomic E-state index is -1.08. The first kappa shape index (κ1) is 26.3. The van der Waals surface area contributed by atoms with Crippen molar-refractivity contribution < 1.29 is 24.2 Å². The minimum Gasteiger partial charge on any atom is -0.488 e. The van der Waals surface area contributed by atoms with E-state index in [-0.39, 0.29) is 31.0 Å². The number of benzene rings is 1. The number of ether oxygens (including phenoxy) is 1. The maximum absolute atomic E-state index is 13.0. The molecule has 4 atom stereocenters. The molecule has 1 aliphatic rings. The van der Waals surface area contributed by atoms with E-state index >= 15 is 0 Å². The predicted octanol–water partition coefficient (Wildman–Crippen LogP) is 1.78. The highest BCUT2D eigenvalue weighted by Gasteiger charge is 2.41. The molecule has 4 N–H and O–H groups in total. The summed E-state index contributed by atoms with van der Waals surface area (Å²) in [7, 11) is 0. The Kier molecular flexibility index (Phi) is 11.2. The van der Waals surface area contributed by atoms with Gasteiger partial charge in [0.05, 0.1) is 6.54 Å². The number of carboxylic acid groups (broad SMARTS) is 1. The molecule has 8 nitrogen and oxygen atoms in total. The van der Waals surface area contributed by atoms with Crippen molar-refractivity contribution in [3.63, 3.8) is 0 Å². The summed E-state index contributed by atoms with van der Waals surface area (Å²) in [5.41, 5.74) is 5.88. The van der Waals surface area contributed by atoms with Crippen LogP contribution in [0.5, 0.6) is 5.75 Å². The number of aliphatic carboxylic acids is 1. The summed E-state index contributed by atoms with van der Waals surface area (Å²) < 4.78 is 5.99. The number of thioether (sulfide) groups is 1. The molecule has 1 aromatic carbocycles. The number of carboxylic acids is 1. The van der Waals surface area contributed by atoms with E-state index in [0.717, 1.165) is 0 Å². The summed E-state index contributed by atoms with van der Waals surface area (Å²) in [5, 5.41) is 12.1. The van der Waals surface area contributed by atoms with E-state index in [2.05, 4.69) is 17.9 Å². The molecule has 32 heavy (non-hydrogen) atoms. The fraction of sp³-hybridized carbons (Fsp3) is 0.591. The summed E-state index contributed by atoms with van der Waals surface area (Å²) in [6, 6.07) is 7.38. The van der Waals surface area contributed by atoms with Gasteiger partial charge in [-0.3, -0.25) is 9.59 Å². The maximum Gasteiger partial charge on any atom is 0.326 e. The van der Waals surface area contributed by atoms with Crippen LogP contribution >= 0.6 is 24.4 Å². The fourth-order valence-corrected chi connectivity index (χ4v) is 4.26. The van der Waals surface area contributed by atoms with Crippen molar-refractivity contribution in [2.45, 2.75) is 56.3 Å². The van der Waals surface area contributed by atoms with Gasteiger partial charge >= 0.3 is 5.97 Å². The molecular weight excluding hydrogens is 450 g/mol. The van der Waals surface area contributed by atoms with Crippen LogP contribution in [0.15, 0.2) is 30.3 Å². The standard InChI is InChI=1S/C22H33N3O5S2/c1-32-11-10-18(22(28)29)24-21(27)19-12-17(30-16-7-3-2-4-8-16)13-25(19)20(26)9-5-6-15(23)14-31/h2-4,7-8,15,17-19,31H,5-6,9-14,23H2,1H3,(H,24,27)(H,28,29)/t15-,17+,18+,19+/m1/s1. The van der Waals surface area contributed by atoms with Crippen molar-refractivity contribution in [3.8, 4) is 5.75 Å². The van der Waals surface area contributed by atoms with Crippen molar-refractivity contribution in [3.05, 3.63) is 30.3 Å². The van der Waals surface area contributed by atoms with Gasteiger partial charge in [0.1, 0.15) is 23.9 Å². The van der Waals surface area contributed by atoms with Crippen LogP contribution in [0.3, 0.4) is 0 Å². The lowest BCUT2D eigenvalue weighted by molar-refractivity contribution is -0.143. The first-order chi connectivity index (χ1) is 15.3. The molecular formula is C22H33N3O5S2. The third kappa shape index (κ3) is 8.22.